The van der Waals surface area contributed by atoms with E-state index in [9.17, 15) is 0 Å². The molecule has 16 heavy (non-hydrogen) atoms. The first-order chi connectivity index (χ1) is 7.00. The van der Waals surface area contributed by atoms with Crippen molar-refractivity contribution in [2.45, 2.75) is 0 Å². The van der Waals surface area contributed by atoms with E-state index in [4.69, 9.17) is 45.9 Å². The van der Waals surface area contributed by atoms with Gasteiger partial charge in [-0.1, -0.05) is 34.8 Å². The molecule has 88 valence electrons. The molecule has 0 aliphatic heterocycles. The predicted octanol–water partition coefficient (Wildman–Crippen LogP) is 2.89. The van der Waals surface area contributed by atoms with E-state index in [2.05, 4.69) is 10.5 Å². The molecule has 1 aromatic rings. The summed E-state index contributed by atoms with van der Waals surface area (Å²) in [6, 6.07) is 3.13. The average molecular weight is 302 g/mol. The first kappa shape index (κ1) is 15.3. The van der Waals surface area contributed by atoms with E-state index in [1.165, 1.54) is 12.3 Å². The van der Waals surface area contributed by atoms with Gasteiger partial charge in [-0.15, -0.1) is 12.4 Å². The van der Waals surface area contributed by atoms with Crippen molar-refractivity contribution in [3.63, 3.8) is 0 Å². The summed E-state index contributed by atoms with van der Waals surface area (Å²) in [6.07, 6.45) is 1.38. The van der Waals surface area contributed by atoms with Gasteiger partial charge in [-0.3, -0.25) is 5.41 Å². The molecule has 8 heteroatoms. The van der Waals surface area contributed by atoms with E-state index < -0.39 is 0 Å². The summed E-state index contributed by atoms with van der Waals surface area (Å²) < 4.78 is 0. The van der Waals surface area contributed by atoms with Crippen molar-refractivity contribution in [3.8, 4) is 0 Å². The van der Waals surface area contributed by atoms with Gasteiger partial charge in [-0.25, -0.2) is 5.43 Å². The Kier molecular flexibility index (Phi) is 6.52. The first-order valence-corrected chi connectivity index (χ1v) is 4.91. The largest absolute Gasteiger partial charge is 0.369 e. The van der Waals surface area contributed by atoms with Crippen LogP contribution in [0.25, 0.3) is 0 Å². The van der Waals surface area contributed by atoms with Crippen LogP contribution in [-0.4, -0.2) is 12.2 Å². The lowest BCUT2D eigenvalue weighted by Gasteiger charge is -2.01. The Hall–Kier alpha value is -0.680. The van der Waals surface area contributed by atoms with Gasteiger partial charge in [-0.05, 0) is 12.1 Å². The van der Waals surface area contributed by atoms with Gasteiger partial charge in [-0.2, -0.15) is 5.10 Å². The summed E-state index contributed by atoms with van der Waals surface area (Å²) in [5, 5.41) is 11.7. The Labute approximate surface area is 114 Å². The molecular formula is C8H8Cl4N4. The minimum Gasteiger partial charge on any atom is -0.369 e. The van der Waals surface area contributed by atoms with Crippen LogP contribution in [0, 0.1) is 5.41 Å². The molecule has 0 heterocycles. The lowest BCUT2D eigenvalue weighted by molar-refractivity contribution is 1.00. The Bertz CT molecular complexity index is 419. The van der Waals surface area contributed by atoms with Crippen LogP contribution in [0.15, 0.2) is 17.2 Å². The molecule has 0 bridgehead atoms. The van der Waals surface area contributed by atoms with Crippen molar-refractivity contribution < 1.29 is 0 Å². The third kappa shape index (κ3) is 4.45. The summed E-state index contributed by atoms with van der Waals surface area (Å²) in [7, 11) is 0. The van der Waals surface area contributed by atoms with Crippen LogP contribution in [0.3, 0.4) is 0 Å². The van der Waals surface area contributed by atoms with E-state index in [1.54, 1.807) is 6.07 Å². The summed E-state index contributed by atoms with van der Waals surface area (Å²) in [5.74, 6) is -0.268. The monoisotopic (exact) mass is 300 g/mol. The Morgan fingerprint density at radius 2 is 2.00 bits per heavy atom. The van der Waals surface area contributed by atoms with Gasteiger partial charge in [0, 0.05) is 10.6 Å². The minimum atomic E-state index is -0.268. The molecule has 0 aliphatic rings. The number of nitrogens with two attached hydrogens (primary N) is 1. The van der Waals surface area contributed by atoms with Gasteiger partial charge in [0.25, 0.3) is 0 Å². The average Bonchev–Trinajstić information content (AvgIpc) is 2.12. The third-order valence-corrected chi connectivity index (χ3v) is 2.44. The molecule has 0 saturated heterocycles. The van der Waals surface area contributed by atoms with Crippen LogP contribution >= 0.6 is 47.2 Å². The molecule has 0 atom stereocenters. The molecule has 0 aromatic heterocycles. The van der Waals surface area contributed by atoms with Crippen molar-refractivity contribution in [2.24, 2.45) is 10.8 Å². The number of guanidine groups is 1. The van der Waals surface area contributed by atoms with Crippen LogP contribution < -0.4 is 11.2 Å². The molecule has 0 spiro atoms. The van der Waals surface area contributed by atoms with Gasteiger partial charge < -0.3 is 5.73 Å². The maximum Gasteiger partial charge on any atom is 0.206 e. The number of hydrogen-bond donors (Lipinski definition) is 3. The SMILES string of the molecule is Cl.N=C(N)NN=Cc1cc(Cl)cc(Cl)c1Cl. The van der Waals surface area contributed by atoms with E-state index in [0.29, 0.717) is 20.6 Å². The Morgan fingerprint density at radius 1 is 1.38 bits per heavy atom. The molecule has 4 N–H and O–H groups in total. The van der Waals surface area contributed by atoms with E-state index >= 15 is 0 Å². The molecule has 0 amide bonds. The number of rotatable bonds is 2. The van der Waals surface area contributed by atoms with Gasteiger partial charge in [0.1, 0.15) is 0 Å². The fourth-order valence-corrected chi connectivity index (χ4v) is 1.51. The fraction of sp³-hybridized carbons (Fsp3) is 0. The zero-order chi connectivity index (χ0) is 11.4. The highest BCUT2D eigenvalue weighted by atomic mass is 35.5. The van der Waals surface area contributed by atoms with Gasteiger partial charge in [0.2, 0.25) is 5.96 Å². The number of hydrogen-bond acceptors (Lipinski definition) is 2. The highest BCUT2D eigenvalue weighted by Gasteiger charge is 2.04. The van der Waals surface area contributed by atoms with E-state index in [0.717, 1.165) is 0 Å². The normalized spacial score (nSPS) is 9.94. The van der Waals surface area contributed by atoms with E-state index in [-0.39, 0.29) is 18.4 Å². The van der Waals surface area contributed by atoms with Crippen LogP contribution in [-0.2, 0) is 0 Å². The second-order valence-corrected chi connectivity index (χ2v) is 3.80. The maximum absolute atomic E-state index is 6.87. The van der Waals surface area contributed by atoms with Crippen molar-refractivity contribution in [1.29, 1.82) is 5.41 Å². The molecule has 4 nitrogen and oxygen atoms in total. The standard InChI is InChI=1S/C8H7Cl3N4.ClH/c9-5-1-4(3-14-15-8(12)13)7(11)6(10)2-5;/h1-3H,(H4,12,13,15);1H. The summed E-state index contributed by atoms with van der Waals surface area (Å²) in [6.45, 7) is 0. The second kappa shape index (κ2) is 6.81. The molecule has 0 saturated carbocycles. The van der Waals surface area contributed by atoms with Gasteiger partial charge in [0.15, 0.2) is 0 Å². The number of halogens is 4. The highest BCUT2D eigenvalue weighted by molar-refractivity contribution is 6.44. The number of nitrogens with one attached hydrogen (secondary N) is 2. The quantitative estimate of drug-likeness (QED) is 0.340. The van der Waals surface area contributed by atoms with Gasteiger partial charge in [0.05, 0.1) is 16.3 Å². The Balaban J connectivity index is 0.00000225. The smallest absolute Gasteiger partial charge is 0.206 e. The minimum absolute atomic E-state index is 0. The summed E-state index contributed by atoms with van der Waals surface area (Å²) in [4.78, 5) is 0. The molecule has 1 aromatic carbocycles. The maximum atomic E-state index is 6.87. The lowest BCUT2D eigenvalue weighted by atomic mass is 10.2. The van der Waals surface area contributed by atoms with Crippen LogP contribution in [0.5, 0.6) is 0 Å². The van der Waals surface area contributed by atoms with Crippen LogP contribution in [0.2, 0.25) is 15.1 Å². The number of benzene rings is 1. The number of nitrogens with zero attached hydrogens (tertiary/aromatic N) is 1. The number of hydrazone groups is 1. The first-order valence-electron chi connectivity index (χ1n) is 3.78. The second-order valence-electron chi connectivity index (χ2n) is 2.57. The predicted molar refractivity (Wildman–Crippen MR) is 71.4 cm³/mol. The molecule has 0 radical (unpaired) electrons. The summed E-state index contributed by atoms with van der Waals surface area (Å²) in [5.41, 5.74) is 7.82. The summed E-state index contributed by atoms with van der Waals surface area (Å²) >= 11 is 17.5. The highest BCUT2D eigenvalue weighted by Crippen LogP contribution is 2.28. The third-order valence-electron chi connectivity index (χ3n) is 1.41. The van der Waals surface area contributed by atoms with Crippen LogP contribution in [0.4, 0.5) is 0 Å². The van der Waals surface area contributed by atoms with Gasteiger partial charge >= 0.3 is 0 Å². The molecule has 1 rings (SSSR count). The topological polar surface area (TPSA) is 74.3 Å². The van der Waals surface area contributed by atoms with Crippen molar-refractivity contribution in [2.75, 3.05) is 0 Å². The van der Waals surface area contributed by atoms with Crippen molar-refractivity contribution >= 4 is 59.4 Å². The zero-order valence-corrected chi connectivity index (χ0v) is 10.9. The van der Waals surface area contributed by atoms with E-state index in [1.807, 2.05) is 0 Å². The molecule has 0 aliphatic carbocycles. The molecular weight excluding hydrogens is 294 g/mol. The zero-order valence-electron chi connectivity index (χ0n) is 7.80. The van der Waals surface area contributed by atoms with Crippen LogP contribution in [0.1, 0.15) is 5.56 Å². The van der Waals surface area contributed by atoms with Crippen molar-refractivity contribution in [3.05, 3.63) is 32.8 Å². The Morgan fingerprint density at radius 3 is 2.56 bits per heavy atom. The molecule has 0 fully saturated rings. The molecule has 0 unspecified atom stereocenters. The van der Waals surface area contributed by atoms with Crippen molar-refractivity contribution in [1.82, 2.24) is 5.43 Å². The lowest BCUT2D eigenvalue weighted by Crippen LogP contribution is -2.25. The fourth-order valence-electron chi connectivity index (χ4n) is 0.841.